The summed E-state index contributed by atoms with van der Waals surface area (Å²) in [6.07, 6.45) is 1.70. The number of nitrogens with one attached hydrogen (secondary N) is 1. The number of furan rings is 1. The molecule has 1 aliphatic heterocycles. The van der Waals surface area contributed by atoms with Gasteiger partial charge in [-0.15, -0.1) is 0 Å². The average Bonchev–Trinajstić information content (AvgIpc) is 3.21. The number of benzene rings is 1. The van der Waals surface area contributed by atoms with E-state index in [4.69, 9.17) is 13.9 Å². The fourth-order valence-electron chi connectivity index (χ4n) is 3.25. The highest BCUT2D eigenvalue weighted by molar-refractivity contribution is 5.96. The van der Waals surface area contributed by atoms with Gasteiger partial charge in [0.05, 0.1) is 38.8 Å². The van der Waals surface area contributed by atoms with Crippen molar-refractivity contribution in [1.29, 1.82) is 0 Å². The summed E-state index contributed by atoms with van der Waals surface area (Å²) in [5.74, 6) is 2.20. The normalized spacial score (nSPS) is 16.7. The largest absolute Gasteiger partial charge is 0.497 e. The van der Waals surface area contributed by atoms with E-state index in [2.05, 4.69) is 15.1 Å². The molecule has 0 radical (unpaired) electrons. The lowest BCUT2D eigenvalue weighted by Gasteiger charge is -2.37. The molecule has 0 bridgehead atoms. The van der Waals surface area contributed by atoms with E-state index in [1.165, 1.54) is 0 Å². The van der Waals surface area contributed by atoms with E-state index in [1.807, 2.05) is 19.1 Å². The number of piperazine rings is 1. The van der Waals surface area contributed by atoms with Crippen LogP contribution in [0.4, 0.5) is 5.69 Å². The van der Waals surface area contributed by atoms with Gasteiger partial charge in [-0.05, 0) is 31.2 Å². The van der Waals surface area contributed by atoms with Crippen molar-refractivity contribution >= 4 is 11.6 Å². The second kappa shape index (κ2) is 8.92. The molecule has 2 heterocycles. The highest BCUT2D eigenvalue weighted by Crippen LogP contribution is 2.29. The van der Waals surface area contributed by atoms with Crippen molar-refractivity contribution < 1.29 is 18.7 Å². The molecule has 1 aromatic carbocycles. The van der Waals surface area contributed by atoms with E-state index in [0.717, 1.165) is 38.5 Å². The summed E-state index contributed by atoms with van der Waals surface area (Å²) in [7, 11) is 3.18. The fourth-order valence-corrected chi connectivity index (χ4v) is 3.25. The third-order valence-electron chi connectivity index (χ3n) is 4.96. The first kappa shape index (κ1) is 19.3. The molecule has 1 N–H and O–H groups in total. The molecule has 7 heteroatoms. The molecule has 7 nitrogen and oxygen atoms in total. The fraction of sp³-hybridized carbons (Fsp3) is 0.450. The zero-order chi connectivity index (χ0) is 19.2. The first-order valence-corrected chi connectivity index (χ1v) is 9.12. The smallest absolute Gasteiger partial charge is 0.241 e. The Morgan fingerprint density at radius 2 is 1.96 bits per heavy atom. The predicted octanol–water partition coefficient (Wildman–Crippen LogP) is 2.44. The van der Waals surface area contributed by atoms with Gasteiger partial charge in [0, 0.05) is 32.2 Å². The van der Waals surface area contributed by atoms with Crippen LogP contribution >= 0.6 is 0 Å². The van der Waals surface area contributed by atoms with Gasteiger partial charge >= 0.3 is 0 Å². The third-order valence-corrected chi connectivity index (χ3v) is 4.96. The number of carbonyl (C=O) groups excluding carboxylic acids is 1. The van der Waals surface area contributed by atoms with Gasteiger partial charge in [-0.25, -0.2) is 0 Å². The number of anilines is 1. The summed E-state index contributed by atoms with van der Waals surface area (Å²) in [4.78, 5) is 17.3. The van der Waals surface area contributed by atoms with E-state index >= 15 is 0 Å². The Morgan fingerprint density at radius 3 is 2.59 bits per heavy atom. The Hall–Kier alpha value is -2.51. The van der Waals surface area contributed by atoms with Crippen molar-refractivity contribution in [3.8, 4) is 11.5 Å². The molecule has 0 saturated carbocycles. The number of amides is 1. The molecule has 3 rings (SSSR count). The van der Waals surface area contributed by atoms with Crippen LogP contribution in [0.25, 0.3) is 0 Å². The van der Waals surface area contributed by atoms with Gasteiger partial charge in [0.25, 0.3) is 0 Å². The van der Waals surface area contributed by atoms with Crippen LogP contribution in [0.3, 0.4) is 0 Å². The maximum atomic E-state index is 12.7. The van der Waals surface area contributed by atoms with Crippen LogP contribution in [0.5, 0.6) is 11.5 Å². The van der Waals surface area contributed by atoms with Gasteiger partial charge in [0.1, 0.15) is 17.3 Å². The lowest BCUT2D eigenvalue weighted by molar-refractivity contribution is -0.121. The van der Waals surface area contributed by atoms with Gasteiger partial charge in [-0.2, -0.15) is 0 Å². The quantitative estimate of drug-likeness (QED) is 0.804. The van der Waals surface area contributed by atoms with Crippen LogP contribution in [0.2, 0.25) is 0 Å². The van der Waals surface area contributed by atoms with Crippen LogP contribution in [0, 0.1) is 0 Å². The van der Waals surface area contributed by atoms with Crippen molar-refractivity contribution in [3.63, 3.8) is 0 Å². The zero-order valence-electron chi connectivity index (χ0n) is 16.1. The first-order valence-electron chi connectivity index (χ1n) is 9.12. The molecule has 1 aromatic heterocycles. The number of hydrogen-bond acceptors (Lipinski definition) is 6. The topological polar surface area (TPSA) is 67.2 Å². The Morgan fingerprint density at radius 1 is 1.19 bits per heavy atom. The number of nitrogens with zero attached hydrogens (tertiary/aromatic N) is 2. The second-order valence-corrected chi connectivity index (χ2v) is 6.62. The molecule has 1 unspecified atom stereocenters. The number of methoxy groups -OCH3 is 2. The summed E-state index contributed by atoms with van der Waals surface area (Å²) in [6, 6.07) is 9.02. The standard InChI is InChI=1S/C20H27N3O4/c1-15(20(24)21-18-13-16(25-2)6-7-19(18)26-3)23-10-8-22(9-11-23)14-17-5-4-12-27-17/h4-7,12-13,15H,8-11,14H2,1-3H3,(H,21,24). The van der Waals surface area contributed by atoms with E-state index in [0.29, 0.717) is 17.2 Å². The van der Waals surface area contributed by atoms with Crippen LogP contribution in [-0.2, 0) is 11.3 Å². The summed E-state index contributed by atoms with van der Waals surface area (Å²) in [5, 5.41) is 2.97. The summed E-state index contributed by atoms with van der Waals surface area (Å²) >= 11 is 0. The summed E-state index contributed by atoms with van der Waals surface area (Å²) < 4.78 is 16.0. The van der Waals surface area contributed by atoms with Crippen LogP contribution in [0.1, 0.15) is 12.7 Å². The van der Waals surface area contributed by atoms with E-state index in [-0.39, 0.29) is 11.9 Å². The number of ether oxygens (including phenoxy) is 2. The van der Waals surface area contributed by atoms with Gasteiger partial charge in [0.2, 0.25) is 5.91 Å². The van der Waals surface area contributed by atoms with Crippen LogP contribution in [-0.4, -0.2) is 62.1 Å². The monoisotopic (exact) mass is 373 g/mol. The Kier molecular flexibility index (Phi) is 6.36. The van der Waals surface area contributed by atoms with E-state index < -0.39 is 0 Å². The number of carbonyl (C=O) groups is 1. The highest BCUT2D eigenvalue weighted by atomic mass is 16.5. The van der Waals surface area contributed by atoms with Gasteiger partial charge in [-0.3, -0.25) is 14.6 Å². The van der Waals surface area contributed by atoms with Crippen molar-refractivity contribution in [1.82, 2.24) is 9.80 Å². The average molecular weight is 373 g/mol. The first-order chi connectivity index (χ1) is 13.1. The molecule has 1 aliphatic rings. The van der Waals surface area contributed by atoms with Gasteiger partial charge in [-0.1, -0.05) is 0 Å². The molecule has 0 spiro atoms. The number of rotatable bonds is 7. The lowest BCUT2D eigenvalue weighted by Crippen LogP contribution is -2.52. The SMILES string of the molecule is COc1ccc(OC)c(NC(=O)C(C)N2CCN(Cc3ccco3)CC2)c1. The molecule has 146 valence electrons. The highest BCUT2D eigenvalue weighted by Gasteiger charge is 2.26. The Bertz CT molecular complexity index is 740. The second-order valence-electron chi connectivity index (χ2n) is 6.62. The zero-order valence-corrected chi connectivity index (χ0v) is 16.1. The maximum absolute atomic E-state index is 12.7. The lowest BCUT2D eigenvalue weighted by atomic mass is 10.2. The molecule has 2 aromatic rings. The van der Waals surface area contributed by atoms with Crippen molar-refractivity contribution in [2.45, 2.75) is 19.5 Å². The minimum Gasteiger partial charge on any atom is -0.497 e. The minimum absolute atomic E-state index is 0.0546. The van der Waals surface area contributed by atoms with Crippen molar-refractivity contribution in [3.05, 3.63) is 42.4 Å². The van der Waals surface area contributed by atoms with E-state index in [9.17, 15) is 4.79 Å². The molecule has 0 aliphatic carbocycles. The van der Waals surface area contributed by atoms with E-state index in [1.54, 1.807) is 38.7 Å². The molecule has 1 amide bonds. The molecule has 1 atom stereocenters. The molecular formula is C20H27N3O4. The van der Waals surface area contributed by atoms with Crippen molar-refractivity contribution in [2.75, 3.05) is 45.7 Å². The van der Waals surface area contributed by atoms with Gasteiger partial charge < -0.3 is 19.2 Å². The van der Waals surface area contributed by atoms with Gasteiger partial charge in [0.15, 0.2) is 0 Å². The van der Waals surface area contributed by atoms with Crippen molar-refractivity contribution in [2.24, 2.45) is 0 Å². The third kappa shape index (κ3) is 4.81. The summed E-state index contributed by atoms with van der Waals surface area (Å²) in [6.45, 7) is 6.23. The summed E-state index contributed by atoms with van der Waals surface area (Å²) in [5.41, 5.74) is 0.616. The molecular weight excluding hydrogens is 346 g/mol. The van der Waals surface area contributed by atoms with Crippen LogP contribution in [0.15, 0.2) is 41.0 Å². The molecule has 1 saturated heterocycles. The predicted molar refractivity (Wildman–Crippen MR) is 103 cm³/mol. The number of hydrogen-bond donors (Lipinski definition) is 1. The maximum Gasteiger partial charge on any atom is 0.241 e. The molecule has 1 fully saturated rings. The Balaban J connectivity index is 1.55. The minimum atomic E-state index is -0.230. The molecule has 27 heavy (non-hydrogen) atoms. The Labute approximate surface area is 159 Å². The van der Waals surface area contributed by atoms with Crippen LogP contribution < -0.4 is 14.8 Å².